The maximum Gasteiger partial charge on any atom is 0.291 e. The molecule has 0 N–H and O–H groups in total. The summed E-state index contributed by atoms with van der Waals surface area (Å²) in [6.07, 6.45) is 3.41. The molecule has 0 aromatic carbocycles. The van der Waals surface area contributed by atoms with E-state index >= 15 is 0 Å². The van der Waals surface area contributed by atoms with Crippen LogP contribution in [0.1, 0.15) is 50.0 Å². The highest BCUT2D eigenvalue weighted by atomic mass is 16.6. The van der Waals surface area contributed by atoms with Gasteiger partial charge in [-0.3, -0.25) is 9.59 Å². The van der Waals surface area contributed by atoms with Crippen molar-refractivity contribution >= 4 is 5.78 Å². The van der Waals surface area contributed by atoms with E-state index in [9.17, 15) is 9.59 Å². The Kier molecular flexibility index (Phi) is 5.99. The molecule has 0 aliphatic rings. The van der Waals surface area contributed by atoms with Gasteiger partial charge in [-0.1, -0.05) is 13.3 Å². The second-order valence-corrected chi connectivity index (χ2v) is 5.35. The van der Waals surface area contributed by atoms with Crippen molar-refractivity contribution in [3.63, 3.8) is 0 Å². The van der Waals surface area contributed by atoms with Crippen LogP contribution < -0.4 is 10.2 Å². The Hall–Kier alpha value is -1.58. The van der Waals surface area contributed by atoms with Gasteiger partial charge in [0.1, 0.15) is 11.5 Å². The van der Waals surface area contributed by atoms with Crippen molar-refractivity contribution in [3.05, 3.63) is 27.1 Å². The molecule has 0 aliphatic carbocycles. The highest BCUT2D eigenvalue weighted by Crippen LogP contribution is 2.20. The Morgan fingerprint density at radius 3 is 2.45 bits per heavy atom. The molecular formula is C16H24O4. The molecule has 20 heavy (non-hydrogen) atoms. The SMILES string of the molecule is COc1oc(CCCC[C@@H](C)C(C)=O)c(C)c(=O)c1C. The standard InChI is InChI=1S/C16H24O4/c1-10(13(4)17)8-6-7-9-14-11(2)15(18)12(3)16(19-5)20-14/h10H,6-9H2,1-5H3/t10-/m1/s1. The zero-order valence-electron chi connectivity index (χ0n) is 13.0. The summed E-state index contributed by atoms with van der Waals surface area (Å²) in [6, 6.07) is 0. The van der Waals surface area contributed by atoms with E-state index in [2.05, 4.69) is 0 Å². The van der Waals surface area contributed by atoms with Crippen LogP contribution in [0, 0.1) is 19.8 Å². The smallest absolute Gasteiger partial charge is 0.291 e. The number of ketones is 1. The zero-order valence-corrected chi connectivity index (χ0v) is 13.0. The average molecular weight is 280 g/mol. The number of hydrogen-bond donors (Lipinski definition) is 0. The summed E-state index contributed by atoms with van der Waals surface area (Å²) in [4.78, 5) is 23.2. The quantitative estimate of drug-likeness (QED) is 0.720. The summed E-state index contributed by atoms with van der Waals surface area (Å²) in [5, 5.41) is 0. The average Bonchev–Trinajstić information content (AvgIpc) is 2.42. The van der Waals surface area contributed by atoms with Gasteiger partial charge in [-0.25, -0.2) is 0 Å². The number of aryl methyl sites for hydroxylation is 1. The van der Waals surface area contributed by atoms with Crippen LogP contribution in [-0.2, 0) is 11.2 Å². The highest BCUT2D eigenvalue weighted by molar-refractivity contribution is 5.77. The first kappa shape index (κ1) is 16.5. The van der Waals surface area contributed by atoms with E-state index in [1.165, 1.54) is 7.11 Å². The molecule has 0 aliphatic heterocycles. The summed E-state index contributed by atoms with van der Waals surface area (Å²) in [5.74, 6) is 1.32. The van der Waals surface area contributed by atoms with Gasteiger partial charge in [0.05, 0.1) is 12.7 Å². The molecule has 1 rings (SSSR count). The molecule has 0 amide bonds. The summed E-state index contributed by atoms with van der Waals surface area (Å²) in [7, 11) is 1.50. The van der Waals surface area contributed by atoms with E-state index in [1.54, 1.807) is 20.8 Å². The Bertz CT molecular complexity index is 528. The molecule has 0 bridgehead atoms. The first-order valence-corrected chi connectivity index (χ1v) is 7.06. The third-order valence-electron chi connectivity index (χ3n) is 3.79. The number of hydrogen-bond acceptors (Lipinski definition) is 4. The molecule has 0 saturated carbocycles. The van der Waals surface area contributed by atoms with Gasteiger partial charge in [0.25, 0.3) is 5.95 Å². The monoisotopic (exact) mass is 280 g/mol. The van der Waals surface area contributed by atoms with Gasteiger partial charge in [0.15, 0.2) is 5.43 Å². The fourth-order valence-electron chi connectivity index (χ4n) is 2.14. The highest BCUT2D eigenvalue weighted by Gasteiger charge is 2.14. The predicted molar refractivity (Wildman–Crippen MR) is 78.4 cm³/mol. The molecule has 0 saturated heterocycles. The molecule has 1 atom stereocenters. The lowest BCUT2D eigenvalue weighted by atomic mass is 9.99. The van der Waals surface area contributed by atoms with Gasteiger partial charge in [0, 0.05) is 17.9 Å². The summed E-state index contributed by atoms with van der Waals surface area (Å²) < 4.78 is 10.7. The number of ether oxygens (including phenoxy) is 1. The van der Waals surface area contributed by atoms with Gasteiger partial charge >= 0.3 is 0 Å². The molecule has 0 unspecified atom stereocenters. The fraction of sp³-hybridized carbons (Fsp3) is 0.625. The Morgan fingerprint density at radius 1 is 1.25 bits per heavy atom. The maximum absolute atomic E-state index is 12.0. The summed E-state index contributed by atoms with van der Waals surface area (Å²) in [5.41, 5.74) is 1.15. The van der Waals surface area contributed by atoms with E-state index in [0.29, 0.717) is 29.3 Å². The zero-order chi connectivity index (χ0) is 15.3. The Morgan fingerprint density at radius 2 is 1.90 bits per heavy atom. The minimum absolute atomic E-state index is 0.0137. The lowest BCUT2D eigenvalue weighted by molar-refractivity contribution is -0.120. The van der Waals surface area contributed by atoms with Crippen molar-refractivity contribution in [1.82, 2.24) is 0 Å². The predicted octanol–water partition coefficient (Wildman–Crippen LogP) is 3.20. The second kappa shape index (κ2) is 7.27. The van der Waals surface area contributed by atoms with E-state index < -0.39 is 0 Å². The Balaban J connectivity index is 2.67. The van der Waals surface area contributed by atoms with Crippen molar-refractivity contribution in [3.8, 4) is 5.95 Å². The van der Waals surface area contributed by atoms with Crippen molar-refractivity contribution in [2.24, 2.45) is 5.92 Å². The molecule has 1 aromatic heterocycles. The van der Waals surface area contributed by atoms with Crippen LogP contribution in [0.3, 0.4) is 0 Å². The lowest BCUT2D eigenvalue weighted by Gasteiger charge is -2.10. The molecule has 0 spiro atoms. The number of Topliss-reactive ketones (excluding diaryl/α,β-unsaturated/α-hetero) is 1. The van der Waals surface area contributed by atoms with Gasteiger partial charge in [-0.05, 0) is 33.6 Å². The first-order chi connectivity index (χ1) is 9.38. The number of methoxy groups -OCH3 is 1. The van der Waals surface area contributed by atoms with Crippen LogP contribution in [0.4, 0.5) is 0 Å². The van der Waals surface area contributed by atoms with Gasteiger partial charge in [-0.2, -0.15) is 0 Å². The van der Waals surface area contributed by atoms with Crippen LogP contribution in [0.15, 0.2) is 9.21 Å². The third-order valence-corrected chi connectivity index (χ3v) is 3.79. The first-order valence-electron chi connectivity index (χ1n) is 7.06. The van der Waals surface area contributed by atoms with Crippen molar-refractivity contribution in [2.45, 2.75) is 53.4 Å². The van der Waals surface area contributed by atoms with Gasteiger partial charge in [0.2, 0.25) is 0 Å². The maximum atomic E-state index is 12.0. The number of rotatable bonds is 7. The molecule has 4 heteroatoms. The van der Waals surface area contributed by atoms with Crippen LogP contribution in [0.5, 0.6) is 5.95 Å². The van der Waals surface area contributed by atoms with Crippen LogP contribution >= 0.6 is 0 Å². The molecule has 0 fully saturated rings. The molecule has 1 heterocycles. The van der Waals surface area contributed by atoms with Gasteiger partial charge in [-0.15, -0.1) is 0 Å². The minimum Gasteiger partial charge on any atom is -0.468 e. The van der Waals surface area contributed by atoms with Crippen LogP contribution in [0.2, 0.25) is 0 Å². The lowest BCUT2D eigenvalue weighted by Crippen LogP contribution is -2.13. The van der Waals surface area contributed by atoms with E-state index in [0.717, 1.165) is 19.3 Å². The van der Waals surface area contributed by atoms with E-state index in [4.69, 9.17) is 9.15 Å². The van der Waals surface area contributed by atoms with Gasteiger partial charge < -0.3 is 9.15 Å². The Labute approximate surface area is 120 Å². The minimum atomic E-state index is -0.0137. The van der Waals surface area contributed by atoms with Crippen LogP contribution in [-0.4, -0.2) is 12.9 Å². The number of unbranched alkanes of at least 4 members (excludes halogenated alkanes) is 1. The molecule has 4 nitrogen and oxygen atoms in total. The topological polar surface area (TPSA) is 56.5 Å². The van der Waals surface area contributed by atoms with Crippen LogP contribution in [0.25, 0.3) is 0 Å². The number of carbonyl (C=O) groups is 1. The summed E-state index contributed by atoms with van der Waals surface area (Å²) >= 11 is 0. The molecular weight excluding hydrogens is 256 g/mol. The summed E-state index contributed by atoms with van der Waals surface area (Å²) in [6.45, 7) is 7.06. The molecule has 112 valence electrons. The largest absolute Gasteiger partial charge is 0.468 e. The fourth-order valence-corrected chi connectivity index (χ4v) is 2.14. The van der Waals surface area contributed by atoms with E-state index in [-0.39, 0.29) is 17.1 Å². The molecule has 1 aromatic rings. The van der Waals surface area contributed by atoms with E-state index in [1.807, 2.05) is 6.92 Å². The molecule has 0 radical (unpaired) electrons. The number of carbonyl (C=O) groups excluding carboxylic acids is 1. The van der Waals surface area contributed by atoms with Crippen molar-refractivity contribution in [1.29, 1.82) is 0 Å². The normalized spacial score (nSPS) is 12.2. The third kappa shape index (κ3) is 3.95. The van der Waals surface area contributed by atoms with Crippen molar-refractivity contribution in [2.75, 3.05) is 7.11 Å². The van der Waals surface area contributed by atoms with Crippen molar-refractivity contribution < 1.29 is 13.9 Å². The second-order valence-electron chi connectivity index (χ2n) is 5.35.